The van der Waals surface area contributed by atoms with E-state index in [2.05, 4.69) is 10.3 Å². The molecule has 4 aromatic rings. The minimum absolute atomic E-state index is 0.0552. The van der Waals surface area contributed by atoms with Gasteiger partial charge in [0.15, 0.2) is 5.43 Å². The van der Waals surface area contributed by atoms with E-state index in [-0.39, 0.29) is 17.9 Å². The van der Waals surface area contributed by atoms with E-state index >= 15 is 0 Å². The van der Waals surface area contributed by atoms with Crippen molar-refractivity contribution in [2.75, 3.05) is 5.32 Å². The number of fused-ring (bicyclic) bond motifs is 1. The fourth-order valence-corrected chi connectivity index (χ4v) is 3.00. The second-order valence-electron chi connectivity index (χ2n) is 6.17. The van der Waals surface area contributed by atoms with Gasteiger partial charge in [-0.15, -0.1) is 0 Å². The molecule has 0 spiro atoms. The van der Waals surface area contributed by atoms with Gasteiger partial charge in [0.05, 0.1) is 5.52 Å². The number of benzene rings is 2. The van der Waals surface area contributed by atoms with E-state index in [0.717, 1.165) is 16.6 Å². The number of carbonyl (C=O) groups is 1. The fraction of sp³-hybridized carbons (Fsp3) is 0.0455. The average Bonchev–Trinajstić information content (AvgIpc) is 2.71. The lowest BCUT2D eigenvalue weighted by atomic mass is 10.1. The summed E-state index contributed by atoms with van der Waals surface area (Å²) < 4.78 is 1.75. The van der Waals surface area contributed by atoms with Gasteiger partial charge >= 0.3 is 0 Å². The number of nitrogens with one attached hydrogen (secondary N) is 1. The number of nitrogens with zero attached hydrogens (tertiary/aromatic N) is 2. The number of hydrogen-bond donors (Lipinski definition) is 1. The van der Waals surface area contributed by atoms with Gasteiger partial charge in [-0.1, -0.05) is 42.5 Å². The molecule has 0 aliphatic rings. The van der Waals surface area contributed by atoms with Crippen LogP contribution in [0.3, 0.4) is 0 Å². The SMILES string of the molecule is O=C(Cn1ccc(=O)c2ccccc21)Nc1ccc(-c2ccccc2)cn1. The van der Waals surface area contributed by atoms with Crippen molar-refractivity contribution in [3.8, 4) is 11.1 Å². The third-order valence-corrected chi connectivity index (χ3v) is 4.34. The zero-order chi connectivity index (χ0) is 18.6. The van der Waals surface area contributed by atoms with Crippen molar-refractivity contribution < 1.29 is 4.79 Å². The molecule has 132 valence electrons. The van der Waals surface area contributed by atoms with Crippen LogP contribution in [0, 0.1) is 0 Å². The summed E-state index contributed by atoms with van der Waals surface area (Å²) >= 11 is 0. The zero-order valence-corrected chi connectivity index (χ0v) is 14.5. The van der Waals surface area contributed by atoms with E-state index in [1.165, 1.54) is 6.07 Å². The molecule has 1 amide bonds. The minimum Gasteiger partial charge on any atom is -0.338 e. The van der Waals surface area contributed by atoms with Gasteiger partial charge in [0.1, 0.15) is 12.4 Å². The van der Waals surface area contributed by atoms with E-state index in [1.54, 1.807) is 29.1 Å². The third kappa shape index (κ3) is 3.62. The van der Waals surface area contributed by atoms with E-state index in [9.17, 15) is 9.59 Å². The van der Waals surface area contributed by atoms with Crippen LogP contribution in [0.2, 0.25) is 0 Å². The van der Waals surface area contributed by atoms with Gasteiger partial charge in [-0.25, -0.2) is 4.98 Å². The summed E-state index contributed by atoms with van der Waals surface area (Å²) in [6, 6.07) is 22.4. The van der Waals surface area contributed by atoms with Crippen LogP contribution in [0.4, 0.5) is 5.82 Å². The quantitative estimate of drug-likeness (QED) is 0.607. The number of carbonyl (C=O) groups excluding carboxylic acids is 1. The maximum absolute atomic E-state index is 12.4. The number of amides is 1. The summed E-state index contributed by atoms with van der Waals surface area (Å²) in [6.45, 7) is 0.100. The Kier molecular flexibility index (Phi) is 4.49. The Hall–Kier alpha value is -3.73. The van der Waals surface area contributed by atoms with Gasteiger partial charge in [-0.3, -0.25) is 9.59 Å². The van der Waals surface area contributed by atoms with Crippen molar-refractivity contribution in [1.29, 1.82) is 0 Å². The summed E-state index contributed by atoms with van der Waals surface area (Å²) in [5, 5.41) is 3.39. The molecule has 0 fully saturated rings. The van der Waals surface area contributed by atoms with Crippen molar-refractivity contribution in [3.05, 3.63) is 95.4 Å². The van der Waals surface area contributed by atoms with Crippen molar-refractivity contribution in [2.24, 2.45) is 0 Å². The van der Waals surface area contributed by atoms with Crippen molar-refractivity contribution in [1.82, 2.24) is 9.55 Å². The lowest BCUT2D eigenvalue weighted by Crippen LogP contribution is -2.20. The number of aromatic nitrogens is 2. The highest BCUT2D eigenvalue weighted by Crippen LogP contribution is 2.19. The molecule has 0 unspecified atom stereocenters. The summed E-state index contributed by atoms with van der Waals surface area (Å²) in [4.78, 5) is 28.7. The second-order valence-corrected chi connectivity index (χ2v) is 6.17. The topological polar surface area (TPSA) is 64.0 Å². The van der Waals surface area contributed by atoms with E-state index in [4.69, 9.17) is 0 Å². The lowest BCUT2D eigenvalue weighted by molar-refractivity contribution is -0.116. The maximum Gasteiger partial charge on any atom is 0.245 e. The summed E-state index contributed by atoms with van der Waals surface area (Å²) in [5.74, 6) is 0.286. The van der Waals surface area contributed by atoms with Crippen LogP contribution in [0.1, 0.15) is 0 Å². The van der Waals surface area contributed by atoms with Crippen LogP contribution in [0.5, 0.6) is 0 Å². The second kappa shape index (κ2) is 7.25. The van der Waals surface area contributed by atoms with E-state index in [0.29, 0.717) is 11.2 Å². The van der Waals surface area contributed by atoms with Gasteiger partial charge in [-0.2, -0.15) is 0 Å². The summed E-state index contributed by atoms with van der Waals surface area (Å²) in [5.41, 5.74) is 2.73. The Bertz CT molecular complexity index is 1150. The first-order valence-corrected chi connectivity index (χ1v) is 8.60. The summed E-state index contributed by atoms with van der Waals surface area (Å²) in [6.07, 6.45) is 3.37. The number of hydrogen-bond acceptors (Lipinski definition) is 3. The van der Waals surface area contributed by atoms with Gasteiger partial charge in [0, 0.05) is 29.4 Å². The standard InChI is InChI=1S/C22H17N3O2/c26-20-12-13-25(19-9-5-4-8-18(19)20)15-22(27)24-21-11-10-17(14-23-21)16-6-2-1-3-7-16/h1-14H,15H2,(H,23,24,27). The van der Waals surface area contributed by atoms with E-state index < -0.39 is 0 Å². The molecule has 0 aliphatic heterocycles. The molecular weight excluding hydrogens is 338 g/mol. The predicted molar refractivity (Wildman–Crippen MR) is 107 cm³/mol. The summed E-state index contributed by atoms with van der Waals surface area (Å²) in [7, 11) is 0. The minimum atomic E-state index is -0.205. The highest BCUT2D eigenvalue weighted by Gasteiger charge is 2.08. The van der Waals surface area contributed by atoms with Crippen LogP contribution < -0.4 is 10.7 Å². The van der Waals surface area contributed by atoms with Crippen LogP contribution in [0.25, 0.3) is 22.0 Å². The van der Waals surface area contributed by atoms with Crippen molar-refractivity contribution in [2.45, 2.75) is 6.54 Å². The number of anilines is 1. The number of pyridine rings is 2. The normalized spacial score (nSPS) is 10.7. The first-order chi connectivity index (χ1) is 13.2. The van der Waals surface area contributed by atoms with Crippen LogP contribution in [-0.2, 0) is 11.3 Å². The smallest absolute Gasteiger partial charge is 0.245 e. The highest BCUT2D eigenvalue weighted by atomic mass is 16.2. The molecule has 0 saturated heterocycles. The molecule has 0 saturated carbocycles. The first-order valence-electron chi connectivity index (χ1n) is 8.60. The molecule has 0 bridgehead atoms. The van der Waals surface area contributed by atoms with Gasteiger partial charge in [0.2, 0.25) is 5.91 Å². The molecule has 4 rings (SSSR count). The number of para-hydroxylation sites is 1. The molecule has 27 heavy (non-hydrogen) atoms. The Morgan fingerprint density at radius 2 is 1.67 bits per heavy atom. The molecule has 0 aliphatic carbocycles. The Labute approximate surface area is 155 Å². The van der Waals surface area contributed by atoms with Crippen molar-refractivity contribution >= 4 is 22.6 Å². The largest absolute Gasteiger partial charge is 0.338 e. The van der Waals surface area contributed by atoms with Gasteiger partial charge < -0.3 is 9.88 Å². The monoisotopic (exact) mass is 355 g/mol. The molecule has 2 aromatic heterocycles. The third-order valence-electron chi connectivity index (χ3n) is 4.34. The lowest BCUT2D eigenvalue weighted by Gasteiger charge is -2.11. The van der Waals surface area contributed by atoms with Gasteiger partial charge in [-0.05, 0) is 29.8 Å². The van der Waals surface area contributed by atoms with Gasteiger partial charge in [0.25, 0.3) is 0 Å². The van der Waals surface area contributed by atoms with Crippen LogP contribution >= 0.6 is 0 Å². The molecule has 2 heterocycles. The Morgan fingerprint density at radius 3 is 2.44 bits per heavy atom. The molecular formula is C22H17N3O2. The maximum atomic E-state index is 12.4. The fourth-order valence-electron chi connectivity index (χ4n) is 3.00. The predicted octanol–water partition coefficient (Wildman–Crippen LogP) is 3.70. The molecule has 2 aromatic carbocycles. The molecule has 1 N–H and O–H groups in total. The molecule has 5 nitrogen and oxygen atoms in total. The zero-order valence-electron chi connectivity index (χ0n) is 14.5. The molecule has 5 heteroatoms. The first kappa shape index (κ1) is 16.7. The molecule has 0 radical (unpaired) electrons. The van der Waals surface area contributed by atoms with Crippen molar-refractivity contribution in [3.63, 3.8) is 0 Å². The van der Waals surface area contributed by atoms with Crippen LogP contribution in [0.15, 0.2) is 90.0 Å². The van der Waals surface area contributed by atoms with Crippen LogP contribution in [-0.4, -0.2) is 15.5 Å². The Balaban J connectivity index is 1.50. The molecule has 0 atom stereocenters. The number of rotatable bonds is 4. The Morgan fingerprint density at radius 1 is 0.889 bits per heavy atom. The highest BCUT2D eigenvalue weighted by molar-refractivity contribution is 5.91. The van der Waals surface area contributed by atoms with E-state index in [1.807, 2.05) is 54.6 Å². The average molecular weight is 355 g/mol.